The van der Waals surface area contributed by atoms with Gasteiger partial charge in [0.25, 0.3) is 0 Å². The Balaban J connectivity index is 2.29. The number of hydrogen-bond acceptors (Lipinski definition) is 3. The fraction of sp³-hybridized carbons (Fsp3) is 0.500. The minimum atomic E-state index is 0.408. The van der Waals surface area contributed by atoms with Gasteiger partial charge in [0.15, 0.2) is 0 Å². The van der Waals surface area contributed by atoms with Crippen LogP contribution >= 0.6 is 0 Å². The standard InChI is InChI=1S/C10H14N2O/c1-7(2)12-6-9-4-5-13-10(9)11-8(12)3/h6-7H,3-5H2,1-2H3. The SMILES string of the molecule is C=C1N=C2OCCC2=CN1C(C)C. The maximum absolute atomic E-state index is 5.35. The number of nitrogens with zero attached hydrogens (tertiary/aromatic N) is 2. The fourth-order valence-corrected chi connectivity index (χ4v) is 1.55. The van der Waals surface area contributed by atoms with Crippen molar-refractivity contribution >= 4 is 5.90 Å². The molecular weight excluding hydrogens is 164 g/mol. The molecule has 70 valence electrons. The summed E-state index contributed by atoms with van der Waals surface area (Å²) in [5.41, 5.74) is 1.20. The number of hydrogen-bond donors (Lipinski definition) is 0. The van der Waals surface area contributed by atoms with Gasteiger partial charge in [0, 0.05) is 24.2 Å². The molecule has 0 aliphatic carbocycles. The van der Waals surface area contributed by atoms with Crippen molar-refractivity contribution in [1.82, 2.24) is 4.90 Å². The Hall–Kier alpha value is -1.25. The molecule has 2 rings (SSSR count). The topological polar surface area (TPSA) is 24.8 Å². The molecule has 0 unspecified atom stereocenters. The van der Waals surface area contributed by atoms with Gasteiger partial charge in [0.05, 0.1) is 6.61 Å². The second-order valence-corrected chi connectivity index (χ2v) is 3.59. The van der Waals surface area contributed by atoms with E-state index in [1.165, 1.54) is 5.57 Å². The molecule has 0 bridgehead atoms. The third kappa shape index (κ3) is 1.34. The van der Waals surface area contributed by atoms with Crippen LogP contribution in [0.1, 0.15) is 20.3 Å². The minimum absolute atomic E-state index is 0.408. The lowest BCUT2D eigenvalue weighted by Gasteiger charge is -2.27. The van der Waals surface area contributed by atoms with Gasteiger partial charge in [-0.3, -0.25) is 0 Å². The lowest BCUT2D eigenvalue weighted by molar-refractivity contribution is 0.336. The molecule has 1 fully saturated rings. The molecule has 2 heterocycles. The average molecular weight is 178 g/mol. The third-order valence-electron chi connectivity index (χ3n) is 2.26. The van der Waals surface area contributed by atoms with Crippen LogP contribution in [0.15, 0.2) is 29.2 Å². The van der Waals surface area contributed by atoms with Crippen molar-refractivity contribution < 1.29 is 4.74 Å². The van der Waals surface area contributed by atoms with Crippen molar-refractivity contribution in [1.29, 1.82) is 0 Å². The van der Waals surface area contributed by atoms with Crippen LogP contribution in [0.4, 0.5) is 0 Å². The zero-order valence-electron chi connectivity index (χ0n) is 8.08. The van der Waals surface area contributed by atoms with E-state index in [1.807, 2.05) is 0 Å². The normalized spacial score (nSPS) is 21.2. The summed E-state index contributed by atoms with van der Waals surface area (Å²) < 4.78 is 5.35. The Morgan fingerprint density at radius 3 is 3.08 bits per heavy atom. The van der Waals surface area contributed by atoms with Crippen LogP contribution in [0, 0.1) is 0 Å². The second-order valence-electron chi connectivity index (χ2n) is 3.59. The van der Waals surface area contributed by atoms with Gasteiger partial charge in [-0.15, -0.1) is 0 Å². The lowest BCUT2D eigenvalue weighted by atomic mass is 10.2. The van der Waals surface area contributed by atoms with E-state index < -0.39 is 0 Å². The highest BCUT2D eigenvalue weighted by Crippen LogP contribution is 2.25. The first-order valence-corrected chi connectivity index (χ1v) is 4.58. The predicted molar refractivity (Wildman–Crippen MR) is 52.2 cm³/mol. The van der Waals surface area contributed by atoms with Gasteiger partial charge in [-0.2, -0.15) is 4.99 Å². The van der Waals surface area contributed by atoms with E-state index in [2.05, 4.69) is 36.5 Å². The van der Waals surface area contributed by atoms with Gasteiger partial charge in [-0.25, -0.2) is 0 Å². The average Bonchev–Trinajstić information content (AvgIpc) is 2.48. The van der Waals surface area contributed by atoms with Gasteiger partial charge < -0.3 is 9.64 Å². The smallest absolute Gasteiger partial charge is 0.220 e. The number of aliphatic imine (C=N–C) groups is 1. The molecule has 2 aliphatic rings. The van der Waals surface area contributed by atoms with E-state index in [9.17, 15) is 0 Å². The molecule has 0 spiro atoms. The van der Waals surface area contributed by atoms with Gasteiger partial charge in [-0.05, 0) is 13.8 Å². The van der Waals surface area contributed by atoms with Gasteiger partial charge in [0.2, 0.25) is 5.90 Å². The second kappa shape index (κ2) is 2.91. The van der Waals surface area contributed by atoms with E-state index in [0.717, 1.165) is 24.7 Å². The van der Waals surface area contributed by atoms with Crippen LogP contribution in [0.25, 0.3) is 0 Å². The van der Waals surface area contributed by atoms with Crippen LogP contribution in [0.3, 0.4) is 0 Å². The molecule has 0 aromatic rings. The zero-order chi connectivity index (χ0) is 9.42. The van der Waals surface area contributed by atoms with Crippen molar-refractivity contribution in [3.8, 4) is 0 Å². The highest BCUT2D eigenvalue weighted by atomic mass is 16.5. The third-order valence-corrected chi connectivity index (χ3v) is 2.26. The summed E-state index contributed by atoms with van der Waals surface area (Å²) in [5, 5.41) is 0. The summed E-state index contributed by atoms with van der Waals surface area (Å²) in [4.78, 5) is 6.38. The lowest BCUT2D eigenvalue weighted by Crippen LogP contribution is -2.27. The van der Waals surface area contributed by atoms with Crippen LogP contribution in [-0.2, 0) is 4.74 Å². The highest BCUT2D eigenvalue weighted by molar-refractivity contribution is 5.96. The molecule has 3 nitrogen and oxygen atoms in total. The van der Waals surface area contributed by atoms with Gasteiger partial charge in [-0.1, -0.05) is 6.58 Å². The van der Waals surface area contributed by atoms with Crippen LogP contribution in [-0.4, -0.2) is 23.4 Å². The first kappa shape index (κ1) is 8.35. The first-order chi connectivity index (χ1) is 6.18. The maximum atomic E-state index is 5.35. The van der Waals surface area contributed by atoms with E-state index in [-0.39, 0.29) is 0 Å². The molecule has 0 amide bonds. The molecule has 0 atom stereocenters. The summed E-state index contributed by atoms with van der Waals surface area (Å²) in [6.45, 7) is 8.89. The Morgan fingerprint density at radius 2 is 2.38 bits per heavy atom. The number of fused-ring (bicyclic) bond motifs is 1. The molecule has 0 saturated carbocycles. The molecule has 13 heavy (non-hydrogen) atoms. The van der Waals surface area contributed by atoms with Crippen molar-refractivity contribution in [2.24, 2.45) is 4.99 Å². The maximum Gasteiger partial charge on any atom is 0.220 e. The fourth-order valence-electron chi connectivity index (χ4n) is 1.55. The van der Waals surface area contributed by atoms with Gasteiger partial charge in [0.1, 0.15) is 5.82 Å². The van der Waals surface area contributed by atoms with Crippen molar-refractivity contribution in [3.05, 3.63) is 24.2 Å². The summed E-state index contributed by atoms with van der Waals surface area (Å²) in [6.07, 6.45) is 3.07. The monoisotopic (exact) mass is 178 g/mol. The molecule has 0 aromatic heterocycles. The predicted octanol–water partition coefficient (Wildman–Crippen LogP) is 1.88. The number of rotatable bonds is 1. The van der Waals surface area contributed by atoms with Gasteiger partial charge >= 0.3 is 0 Å². The first-order valence-electron chi connectivity index (χ1n) is 4.58. The van der Waals surface area contributed by atoms with E-state index in [0.29, 0.717) is 6.04 Å². The summed E-state index contributed by atoms with van der Waals surface area (Å²) in [6, 6.07) is 0.408. The molecule has 0 aromatic carbocycles. The molecular formula is C10H14N2O. The largest absolute Gasteiger partial charge is 0.477 e. The minimum Gasteiger partial charge on any atom is -0.477 e. The Kier molecular flexibility index (Phi) is 1.87. The van der Waals surface area contributed by atoms with Crippen molar-refractivity contribution in [2.75, 3.05) is 6.61 Å². The quantitative estimate of drug-likeness (QED) is 0.612. The van der Waals surface area contributed by atoms with Crippen LogP contribution in [0.2, 0.25) is 0 Å². The summed E-state index contributed by atoms with van der Waals surface area (Å²) >= 11 is 0. The van der Waals surface area contributed by atoms with Crippen molar-refractivity contribution in [2.45, 2.75) is 26.3 Å². The molecule has 0 radical (unpaired) electrons. The van der Waals surface area contributed by atoms with Crippen LogP contribution in [0.5, 0.6) is 0 Å². The highest BCUT2D eigenvalue weighted by Gasteiger charge is 2.24. The molecule has 0 N–H and O–H groups in total. The Labute approximate surface area is 78.4 Å². The zero-order valence-corrected chi connectivity index (χ0v) is 8.08. The Morgan fingerprint density at radius 1 is 1.62 bits per heavy atom. The number of ether oxygens (including phenoxy) is 1. The van der Waals surface area contributed by atoms with E-state index >= 15 is 0 Å². The Bertz CT molecular complexity index is 302. The van der Waals surface area contributed by atoms with Crippen molar-refractivity contribution in [3.63, 3.8) is 0 Å². The molecule has 2 aliphatic heterocycles. The van der Waals surface area contributed by atoms with Crippen LogP contribution < -0.4 is 0 Å². The van der Waals surface area contributed by atoms with E-state index in [4.69, 9.17) is 4.74 Å². The summed E-state index contributed by atoms with van der Waals surface area (Å²) in [7, 11) is 0. The molecule has 1 saturated heterocycles. The molecule has 3 heteroatoms. The van der Waals surface area contributed by atoms with E-state index in [1.54, 1.807) is 0 Å². The summed E-state index contributed by atoms with van der Waals surface area (Å²) in [5.74, 6) is 1.54.